The van der Waals surface area contributed by atoms with Crippen LogP contribution in [-0.2, 0) is 32.9 Å². The molecule has 1 aromatic carbocycles. The van der Waals surface area contributed by atoms with Crippen molar-refractivity contribution in [1.82, 2.24) is 9.99 Å². The summed E-state index contributed by atoms with van der Waals surface area (Å²) in [7, 11) is -4.19. The van der Waals surface area contributed by atoms with Gasteiger partial charge < -0.3 is 19.1 Å². The van der Waals surface area contributed by atoms with Gasteiger partial charge in [-0.3, -0.25) is 23.8 Å². The van der Waals surface area contributed by atoms with Crippen molar-refractivity contribution in [2.45, 2.75) is 64.2 Å². The van der Waals surface area contributed by atoms with Crippen molar-refractivity contribution in [3.8, 4) is 5.75 Å². The number of ether oxygens (including phenoxy) is 2. The van der Waals surface area contributed by atoms with Gasteiger partial charge in [-0.2, -0.15) is 5.09 Å². The van der Waals surface area contributed by atoms with E-state index in [4.69, 9.17) is 18.5 Å². The Kier molecular flexibility index (Phi) is 8.79. The normalized spacial score (nSPS) is 25.3. The zero-order chi connectivity index (χ0) is 25.8. The van der Waals surface area contributed by atoms with Crippen molar-refractivity contribution in [1.29, 1.82) is 0 Å². The van der Waals surface area contributed by atoms with Crippen molar-refractivity contribution >= 4 is 25.4 Å². The molecular formula is C22H28FN2O9P. The third-order valence-electron chi connectivity index (χ3n) is 5.07. The van der Waals surface area contributed by atoms with Crippen LogP contribution in [-0.4, -0.2) is 64.9 Å². The van der Waals surface area contributed by atoms with E-state index in [-0.39, 0.29) is 12.2 Å². The highest BCUT2D eigenvalue weighted by atomic mass is 31.2. The molecule has 1 saturated heterocycles. The summed E-state index contributed by atoms with van der Waals surface area (Å²) in [6.07, 6.45) is -3.66. The van der Waals surface area contributed by atoms with Crippen LogP contribution in [0.3, 0.4) is 0 Å². The van der Waals surface area contributed by atoms with Crippen LogP contribution in [0.1, 0.15) is 33.6 Å². The van der Waals surface area contributed by atoms with Gasteiger partial charge in [0.2, 0.25) is 11.7 Å². The van der Waals surface area contributed by atoms with Crippen LogP contribution in [0.5, 0.6) is 5.75 Å². The molecule has 35 heavy (non-hydrogen) atoms. The number of carbonyl (C=O) groups is 3. The predicted octanol–water partition coefficient (Wildman–Crippen LogP) is 2.21. The second-order valence-electron chi connectivity index (χ2n) is 8.34. The molecule has 3 rings (SSSR count). The Morgan fingerprint density at radius 3 is 2.63 bits per heavy atom. The van der Waals surface area contributed by atoms with E-state index in [2.05, 4.69) is 5.09 Å². The lowest BCUT2D eigenvalue weighted by Crippen LogP contribution is -2.40. The molecule has 1 fully saturated rings. The minimum absolute atomic E-state index is 0.0911. The van der Waals surface area contributed by atoms with Crippen LogP contribution < -0.4 is 9.61 Å². The molecule has 0 aliphatic carbocycles. The first kappa shape index (κ1) is 27.0. The fraction of sp³-hybridized carbons (Fsp3) is 0.500. The van der Waals surface area contributed by atoms with E-state index in [0.29, 0.717) is 0 Å². The van der Waals surface area contributed by atoms with Gasteiger partial charge in [-0.25, -0.2) is 8.96 Å². The number of halogens is 1. The number of hydrogen-bond donors (Lipinski definition) is 2. The highest BCUT2D eigenvalue weighted by Gasteiger charge is 2.42. The van der Waals surface area contributed by atoms with E-state index in [1.54, 1.807) is 32.0 Å². The standard InChI is InChI=1S/C22H28FN2O9P/c1-13(2)32-22(29)14(3)24-35(30,34-15-7-5-4-6-8-15)31-12-19-18(27)10-21(33-19)25-11-16(23)17(26)9-20(25)28/h4-8,11,13-14,18-19,21,27H,9-10,12H2,1-3H3,(H,24,30)/t14-,18-,19+,21+,35-/m0/s1. The highest BCUT2D eigenvalue weighted by molar-refractivity contribution is 7.52. The van der Waals surface area contributed by atoms with Crippen LogP contribution in [0.25, 0.3) is 0 Å². The summed E-state index contributed by atoms with van der Waals surface area (Å²) in [6, 6.07) is 7.04. The largest absolute Gasteiger partial charge is 0.462 e. The first-order chi connectivity index (χ1) is 16.5. The summed E-state index contributed by atoms with van der Waals surface area (Å²) in [5.74, 6) is -3.17. The molecule has 5 atom stereocenters. The summed E-state index contributed by atoms with van der Waals surface area (Å²) in [5, 5.41) is 12.9. The third kappa shape index (κ3) is 7.18. The number of nitrogens with one attached hydrogen (secondary N) is 1. The fourth-order valence-corrected chi connectivity index (χ4v) is 4.87. The monoisotopic (exact) mass is 514 g/mol. The smallest absolute Gasteiger partial charge is 0.459 e. The molecule has 0 saturated carbocycles. The van der Waals surface area contributed by atoms with Gasteiger partial charge in [0.15, 0.2) is 5.83 Å². The number of hydrogen-bond acceptors (Lipinski definition) is 9. The van der Waals surface area contributed by atoms with E-state index in [1.807, 2.05) is 0 Å². The number of ketones is 1. The van der Waals surface area contributed by atoms with Gasteiger partial charge in [0, 0.05) is 12.6 Å². The summed E-state index contributed by atoms with van der Waals surface area (Å²) in [4.78, 5) is 36.6. The van der Waals surface area contributed by atoms with E-state index >= 15 is 0 Å². The number of carbonyl (C=O) groups excluding carboxylic acids is 3. The van der Waals surface area contributed by atoms with Crippen molar-refractivity contribution < 1.29 is 47.0 Å². The average Bonchev–Trinajstić information content (AvgIpc) is 3.15. The maximum Gasteiger partial charge on any atom is 0.459 e. The maximum absolute atomic E-state index is 13.7. The first-order valence-electron chi connectivity index (χ1n) is 11.0. The number of aliphatic hydroxyl groups excluding tert-OH is 1. The van der Waals surface area contributed by atoms with Crippen LogP contribution in [0.4, 0.5) is 4.39 Å². The van der Waals surface area contributed by atoms with Gasteiger partial charge in [0.25, 0.3) is 0 Å². The summed E-state index contributed by atoms with van der Waals surface area (Å²) < 4.78 is 49.0. The minimum Gasteiger partial charge on any atom is -0.462 e. The Morgan fingerprint density at radius 1 is 1.29 bits per heavy atom. The maximum atomic E-state index is 13.7. The van der Waals surface area contributed by atoms with Crippen molar-refractivity contribution in [3.63, 3.8) is 0 Å². The molecule has 11 nitrogen and oxygen atoms in total. The molecule has 0 aromatic heterocycles. The summed E-state index contributed by atoms with van der Waals surface area (Å²) in [5.41, 5.74) is 0. The molecule has 1 amide bonds. The fourth-order valence-electron chi connectivity index (χ4n) is 3.36. The molecule has 2 aliphatic rings. The molecule has 1 aromatic rings. The van der Waals surface area contributed by atoms with E-state index in [9.17, 15) is 28.4 Å². The van der Waals surface area contributed by atoms with Gasteiger partial charge in [-0.05, 0) is 32.9 Å². The van der Waals surface area contributed by atoms with Crippen LogP contribution in [0, 0.1) is 0 Å². The number of rotatable bonds is 10. The van der Waals surface area contributed by atoms with Gasteiger partial charge >= 0.3 is 13.7 Å². The highest BCUT2D eigenvalue weighted by Crippen LogP contribution is 2.45. The SMILES string of the molecule is CC(C)OC(=O)[C@H](C)N[P@](=O)(OC[C@H]1O[C@@H](N2C=C(F)C(=O)CC2=O)C[C@@H]1O)Oc1ccccc1. The van der Waals surface area contributed by atoms with Gasteiger partial charge in [0.1, 0.15) is 24.1 Å². The summed E-state index contributed by atoms with van der Waals surface area (Å²) in [6.45, 7) is 4.31. The van der Waals surface area contributed by atoms with Gasteiger partial charge in [-0.1, -0.05) is 18.2 Å². The molecule has 0 unspecified atom stereocenters. The molecule has 0 spiro atoms. The number of nitrogens with zero attached hydrogens (tertiary/aromatic N) is 1. The Labute approximate surface area is 201 Å². The number of allylic oxidation sites excluding steroid dienone is 1. The zero-order valence-corrected chi connectivity index (χ0v) is 20.4. The van der Waals surface area contributed by atoms with E-state index in [0.717, 1.165) is 11.1 Å². The molecule has 2 aliphatic heterocycles. The summed E-state index contributed by atoms with van der Waals surface area (Å²) >= 11 is 0. The lowest BCUT2D eigenvalue weighted by Gasteiger charge is -2.28. The zero-order valence-electron chi connectivity index (χ0n) is 19.5. The number of Topliss-reactive ketones (excluding diaryl/α,β-unsaturated/α-hetero) is 1. The lowest BCUT2D eigenvalue weighted by atomic mass is 10.1. The second kappa shape index (κ2) is 11.4. The van der Waals surface area contributed by atoms with Crippen molar-refractivity contribution in [2.24, 2.45) is 0 Å². The number of amides is 1. The van der Waals surface area contributed by atoms with Crippen molar-refractivity contribution in [2.75, 3.05) is 6.61 Å². The number of esters is 1. The van der Waals surface area contributed by atoms with E-state index in [1.165, 1.54) is 19.1 Å². The first-order valence-corrected chi connectivity index (χ1v) is 12.5. The molecule has 192 valence electrons. The topological polar surface area (TPSA) is 141 Å². The molecular weight excluding hydrogens is 486 g/mol. The van der Waals surface area contributed by atoms with Gasteiger partial charge in [-0.15, -0.1) is 0 Å². The molecule has 0 bridgehead atoms. The minimum atomic E-state index is -4.19. The van der Waals surface area contributed by atoms with Crippen LogP contribution in [0.15, 0.2) is 42.4 Å². The number of para-hydroxylation sites is 1. The molecule has 13 heteroatoms. The van der Waals surface area contributed by atoms with Crippen LogP contribution in [0.2, 0.25) is 0 Å². The average molecular weight is 514 g/mol. The van der Waals surface area contributed by atoms with Crippen molar-refractivity contribution in [3.05, 3.63) is 42.4 Å². The molecule has 0 radical (unpaired) electrons. The third-order valence-corrected chi connectivity index (χ3v) is 6.71. The van der Waals surface area contributed by atoms with Crippen LogP contribution >= 0.6 is 7.75 Å². The Hall–Kier alpha value is -2.63. The van der Waals surface area contributed by atoms with E-state index < -0.39 is 74.8 Å². The lowest BCUT2D eigenvalue weighted by molar-refractivity contribution is -0.149. The molecule has 2 heterocycles. The second-order valence-corrected chi connectivity index (χ2v) is 10.0. The number of aliphatic hydroxyl groups is 1. The van der Waals surface area contributed by atoms with Gasteiger partial charge in [0.05, 0.1) is 25.2 Å². The number of benzene rings is 1. The quantitative estimate of drug-likeness (QED) is 0.271. The Morgan fingerprint density at radius 2 is 1.97 bits per heavy atom. The Bertz CT molecular complexity index is 1020. The molecule has 2 N–H and O–H groups in total. The Balaban J connectivity index is 1.69. The predicted molar refractivity (Wildman–Crippen MR) is 119 cm³/mol.